The van der Waals surface area contributed by atoms with Gasteiger partial charge >= 0.3 is 0 Å². The molecule has 8 heteroatoms. The third kappa shape index (κ3) is 5.96. The maximum Gasteiger partial charge on any atom is 0.221 e. The summed E-state index contributed by atoms with van der Waals surface area (Å²) in [6, 6.07) is 17.5. The summed E-state index contributed by atoms with van der Waals surface area (Å²) < 4.78 is 0. The van der Waals surface area contributed by atoms with Crippen molar-refractivity contribution < 1.29 is 0 Å². The monoisotopic (exact) mass is 421 g/mol. The molecule has 2 aromatic carbocycles. The predicted octanol–water partition coefficient (Wildman–Crippen LogP) is 3.38. The van der Waals surface area contributed by atoms with Crippen molar-refractivity contribution in [1.82, 2.24) is 15.3 Å². The normalized spacial score (nSPS) is 12.5. The van der Waals surface area contributed by atoms with E-state index in [2.05, 4.69) is 44.4 Å². The van der Waals surface area contributed by atoms with Crippen molar-refractivity contribution in [3.05, 3.63) is 77.3 Å². The van der Waals surface area contributed by atoms with Crippen LogP contribution in [0.25, 0.3) is 5.57 Å². The molecular weight excluding hydrogens is 394 g/mol. The lowest BCUT2D eigenvalue weighted by molar-refractivity contribution is 0.635. The molecule has 0 aliphatic carbocycles. The van der Waals surface area contributed by atoms with Gasteiger partial charge in [0.1, 0.15) is 5.82 Å². The van der Waals surface area contributed by atoms with Gasteiger partial charge in [-0.25, -0.2) is 4.98 Å². The van der Waals surface area contributed by atoms with Crippen LogP contribution in [0.3, 0.4) is 0 Å². The van der Waals surface area contributed by atoms with E-state index in [1.165, 1.54) is 11.1 Å². The molecule has 1 atom stereocenters. The fraction of sp³-hybridized carbons (Fsp3) is 0.182. The highest BCUT2D eigenvalue weighted by atomic mass is 32.2. The Hall–Kier alpha value is -3.07. The summed E-state index contributed by atoms with van der Waals surface area (Å²) in [6.07, 6.45) is 3.66. The number of hydrogen-bond donors (Lipinski definition) is 5. The second-order valence-electron chi connectivity index (χ2n) is 6.75. The van der Waals surface area contributed by atoms with Gasteiger partial charge in [0.2, 0.25) is 5.95 Å². The quantitative estimate of drug-likeness (QED) is 0.333. The van der Waals surface area contributed by atoms with Crippen molar-refractivity contribution in [2.24, 2.45) is 5.73 Å². The SMILES string of the molecule is CS/C=C(/CNCC(N)c1cc(Nc2ccnc(N)n2)ccc1N)c1ccccc1. The van der Waals surface area contributed by atoms with Crippen LogP contribution in [-0.2, 0) is 0 Å². The number of nitrogen functional groups attached to an aromatic ring is 2. The molecule has 0 bridgehead atoms. The van der Waals surface area contributed by atoms with Crippen LogP contribution in [-0.4, -0.2) is 29.3 Å². The molecule has 0 radical (unpaired) electrons. The van der Waals surface area contributed by atoms with Gasteiger partial charge in [-0.1, -0.05) is 30.3 Å². The average molecular weight is 422 g/mol. The maximum absolute atomic E-state index is 6.44. The average Bonchev–Trinajstić information content (AvgIpc) is 2.75. The van der Waals surface area contributed by atoms with E-state index >= 15 is 0 Å². The Morgan fingerprint density at radius 2 is 1.93 bits per heavy atom. The van der Waals surface area contributed by atoms with E-state index in [0.717, 1.165) is 17.8 Å². The number of nitrogens with two attached hydrogens (primary N) is 3. The van der Waals surface area contributed by atoms with Gasteiger partial charge in [-0.2, -0.15) is 4.98 Å². The molecule has 8 N–H and O–H groups in total. The number of hydrogen-bond acceptors (Lipinski definition) is 8. The third-order valence-corrected chi connectivity index (χ3v) is 5.04. The van der Waals surface area contributed by atoms with Crippen LogP contribution in [0.1, 0.15) is 17.2 Å². The van der Waals surface area contributed by atoms with Crippen LogP contribution in [0.5, 0.6) is 0 Å². The van der Waals surface area contributed by atoms with Crippen LogP contribution in [0, 0.1) is 0 Å². The van der Waals surface area contributed by atoms with E-state index in [1.807, 2.05) is 36.4 Å². The molecule has 0 saturated carbocycles. The van der Waals surface area contributed by atoms with Crippen molar-refractivity contribution >= 4 is 40.5 Å². The van der Waals surface area contributed by atoms with Gasteiger partial charge < -0.3 is 27.8 Å². The predicted molar refractivity (Wildman–Crippen MR) is 128 cm³/mol. The molecule has 3 rings (SSSR count). The molecule has 0 amide bonds. The molecular formula is C22H27N7S. The number of aromatic nitrogens is 2. The van der Waals surface area contributed by atoms with Crippen molar-refractivity contribution in [2.45, 2.75) is 6.04 Å². The van der Waals surface area contributed by atoms with Crippen LogP contribution in [0.15, 0.2) is 66.2 Å². The Kier molecular flexibility index (Phi) is 7.67. The Labute approximate surface area is 181 Å². The Morgan fingerprint density at radius 3 is 2.67 bits per heavy atom. The first-order valence-corrected chi connectivity index (χ1v) is 10.8. The molecule has 1 heterocycles. The van der Waals surface area contributed by atoms with E-state index in [0.29, 0.717) is 18.1 Å². The highest BCUT2D eigenvalue weighted by molar-refractivity contribution is 8.01. The number of benzene rings is 2. The Bertz CT molecular complexity index is 992. The van der Waals surface area contributed by atoms with Crippen molar-refractivity contribution in [1.29, 1.82) is 0 Å². The number of thioether (sulfide) groups is 1. The minimum Gasteiger partial charge on any atom is -0.398 e. The zero-order valence-electron chi connectivity index (χ0n) is 16.9. The van der Waals surface area contributed by atoms with E-state index in [-0.39, 0.29) is 12.0 Å². The summed E-state index contributed by atoms with van der Waals surface area (Å²) in [5.74, 6) is 0.823. The highest BCUT2D eigenvalue weighted by Gasteiger charge is 2.12. The van der Waals surface area contributed by atoms with Crippen LogP contribution < -0.4 is 27.8 Å². The summed E-state index contributed by atoms with van der Waals surface area (Å²) in [5.41, 5.74) is 23.0. The summed E-state index contributed by atoms with van der Waals surface area (Å²) in [7, 11) is 0. The minimum atomic E-state index is -0.256. The Morgan fingerprint density at radius 1 is 1.13 bits per heavy atom. The summed E-state index contributed by atoms with van der Waals surface area (Å²) in [6.45, 7) is 1.31. The molecule has 1 aromatic heterocycles. The van der Waals surface area contributed by atoms with Gasteiger partial charge in [-0.05, 0) is 52.6 Å². The lowest BCUT2D eigenvalue weighted by atomic mass is 10.0. The third-order valence-electron chi connectivity index (χ3n) is 4.52. The molecule has 1 unspecified atom stereocenters. The standard InChI is InChI=1S/C22H27N7S/c1-30-14-16(15-5-3-2-4-6-15)12-26-13-20(24)18-11-17(7-8-19(18)23)28-21-9-10-27-22(25)29-21/h2-11,14,20,26H,12-13,23-24H2,1H3,(H3,25,27,28,29)/b16-14-. The van der Waals surface area contributed by atoms with E-state index in [4.69, 9.17) is 17.2 Å². The zero-order valence-corrected chi connectivity index (χ0v) is 17.7. The van der Waals surface area contributed by atoms with E-state index in [1.54, 1.807) is 24.0 Å². The van der Waals surface area contributed by atoms with Crippen molar-refractivity contribution in [3.8, 4) is 0 Å². The van der Waals surface area contributed by atoms with Gasteiger partial charge in [0, 0.05) is 36.7 Å². The number of rotatable bonds is 9. The highest BCUT2D eigenvalue weighted by Crippen LogP contribution is 2.25. The van der Waals surface area contributed by atoms with Gasteiger partial charge in [0.05, 0.1) is 0 Å². The minimum absolute atomic E-state index is 0.212. The second kappa shape index (κ2) is 10.6. The smallest absolute Gasteiger partial charge is 0.221 e. The maximum atomic E-state index is 6.44. The summed E-state index contributed by atoms with van der Waals surface area (Å²) >= 11 is 1.69. The lowest BCUT2D eigenvalue weighted by Crippen LogP contribution is -2.28. The fourth-order valence-electron chi connectivity index (χ4n) is 3.04. The first kappa shape index (κ1) is 21.6. The molecule has 0 saturated heterocycles. The fourth-order valence-corrected chi connectivity index (χ4v) is 3.55. The van der Waals surface area contributed by atoms with Crippen LogP contribution in [0.2, 0.25) is 0 Å². The first-order chi connectivity index (χ1) is 14.6. The molecule has 7 nitrogen and oxygen atoms in total. The van der Waals surface area contributed by atoms with Gasteiger partial charge in [-0.15, -0.1) is 11.8 Å². The molecule has 0 fully saturated rings. The summed E-state index contributed by atoms with van der Waals surface area (Å²) in [5, 5.41) is 8.81. The number of anilines is 4. The van der Waals surface area contributed by atoms with E-state index in [9.17, 15) is 0 Å². The molecule has 0 aliphatic rings. The van der Waals surface area contributed by atoms with Crippen molar-refractivity contribution in [2.75, 3.05) is 36.1 Å². The van der Waals surface area contributed by atoms with Gasteiger partial charge in [0.25, 0.3) is 0 Å². The zero-order chi connectivity index (χ0) is 21.3. The van der Waals surface area contributed by atoms with Crippen molar-refractivity contribution in [3.63, 3.8) is 0 Å². The second-order valence-corrected chi connectivity index (χ2v) is 7.46. The summed E-state index contributed by atoms with van der Waals surface area (Å²) in [4.78, 5) is 8.05. The molecule has 30 heavy (non-hydrogen) atoms. The topological polar surface area (TPSA) is 128 Å². The number of nitrogens with zero attached hydrogens (tertiary/aromatic N) is 2. The lowest BCUT2D eigenvalue weighted by Gasteiger charge is -2.18. The molecule has 3 aromatic rings. The molecule has 156 valence electrons. The van der Waals surface area contributed by atoms with Gasteiger partial charge in [0.15, 0.2) is 0 Å². The van der Waals surface area contributed by atoms with E-state index < -0.39 is 0 Å². The molecule has 0 aliphatic heterocycles. The molecule has 0 spiro atoms. The van der Waals surface area contributed by atoms with Crippen LogP contribution >= 0.6 is 11.8 Å². The first-order valence-electron chi connectivity index (χ1n) is 9.55. The van der Waals surface area contributed by atoms with Gasteiger partial charge in [-0.3, -0.25) is 0 Å². The Balaban J connectivity index is 1.64. The van der Waals surface area contributed by atoms with Crippen LogP contribution in [0.4, 0.5) is 23.1 Å². The largest absolute Gasteiger partial charge is 0.398 e. The number of nitrogens with one attached hydrogen (secondary N) is 2.